The molecule has 0 amide bonds. The monoisotopic (exact) mass is 328 g/mol. The Bertz CT molecular complexity index is 523. The van der Waals surface area contributed by atoms with E-state index in [0.717, 1.165) is 15.6 Å². The summed E-state index contributed by atoms with van der Waals surface area (Å²) in [7, 11) is 0. The Labute approximate surface area is 120 Å². The summed E-state index contributed by atoms with van der Waals surface area (Å²) in [6.07, 6.45) is 0.402. The van der Waals surface area contributed by atoms with Crippen LogP contribution < -0.4 is 9.47 Å². The van der Waals surface area contributed by atoms with Crippen molar-refractivity contribution in [1.82, 2.24) is 0 Å². The summed E-state index contributed by atoms with van der Waals surface area (Å²) >= 11 is 3.49. The number of halogens is 1. The Balaban J connectivity index is 2.49. The highest BCUT2D eigenvalue weighted by Gasteiger charge is 2.31. The van der Waals surface area contributed by atoms with Gasteiger partial charge in [0.2, 0.25) is 0 Å². The molecule has 0 bridgehead atoms. The maximum absolute atomic E-state index is 11.3. The molecule has 19 heavy (non-hydrogen) atoms. The van der Waals surface area contributed by atoms with Crippen molar-refractivity contribution in [3.8, 4) is 11.5 Å². The number of carboxylic acid groups (broad SMARTS) is 1. The van der Waals surface area contributed by atoms with Crippen LogP contribution in [0.4, 0.5) is 0 Å². The molecule has 1 heterocycles. The maximum atomic E-state index is 11.3. The zero-order valence-electron chi connectivity index (χ0n) is 11.2. The molecule has 1 N–H and O–H groups in total. The normalized spacial score (nSPS) is 14.3. The highest BCUT2D eigenvalue weighted by Crippen LogP contribution is 2.42. The molecule has 2 rings (SSSR count). The van der Waals surface area contributed by atoms with Crippen LogP contribution in [0.2, 0.25) is 0 Å². The van der Waals surface area contributed by atoms with Gasteiger partial charge in [-0.15, -0.1) is 0 Å². The van der Waals surface area contributed by atoms with E-state index in [4.69, 9.17) is 9.47 Å². The molecule has 0 unspecified atom stereocenters. The number of carbonyl (C=O) groups is 1. The van der Waals surface area contributed by atoms with Crippen LogP contribution in [0.5, 0.6) is 11.5 Å². The van der Waals surface area contributed by atoms with E-state index in [1.165, 1.54) is 0 Å². The lowest BCUT2D eigenvalue weighted by molar-refractivity contribution is -0.146. The molecular weight excluding hydrogens is 312 g/mol. The van der Waals surface area contributed by atoms with E-state index < -0.39 is 11.4 Å². The van der Waals surface area contributed by atoms with Crippen LogP contribution in [0.15, 0.2) is 10.5 Å². The standard InChI is InChI=1S/C14H17BrO4/c1-8-9(7-14(2,3)13(16)17)12-11(6-10(8)15)18-4-5-19-12/h6H,4-5,7H2,1-3H3,(H,16,17). The van der Waals surface area contributed by atoms with Gasteiger partial charge in [0.05, 0.1) is 5.41 Å². The van der Waals surface area contributed by atoms with Crippen LogP contribution in [0.3, 0.4) is 0 Å². The number of benzene rings is 1. The maximum Gasteiger partial charge on any atom is 0.309 e. The molecule has 0 fully saturated rings. The molecule has 0 radical (unpaired) electrons. The van der Waals surface area contributed by atoms with Crippen LogP contribution in [0, 0.1) is 12.3 Å². The first-order valence-corrected chi connectivity index (χ1v) is 6.93. The van der Waals surface area contributed by atoms with E-state index in [0.29, 0.717) is 31.1 Å². The first-order valence-electron chi connectivity index (χ1n) is 6.14. The van der Waals surface area contributed by atoms with Gasteiger partial charge < -0.3 is 14.6 Å². The van der Waals surface area contributed by atoms with Gasteiger partial charge in [0.15, 0.2) is 11.5 Å². The minimum absolute atomic E-state index is 0.402. The van der Waals surface area contributed by atoms with Crippen molar-refractivity contribution in [3.63, 3.8) is 0 Å². The molecule has 1 aromatic carbocycles. The second-order valence-corrected chi connectivity index (χ2v) is 6.21. The summed E-state index contributed by atoms with van der Waals surface area (Å²) in [5, 5.41) is 9.28. The van der Waals surface area contributed by atoms with E-state index in [-0.39, 0.29) is 0 Å². The molecular formula is C14H17BrO4. The molecule has 0 aliphatic carbocycles. The molecule has 1 aromatic rings. The van der Waals surface area contributed by atoms with Crippen LogP contribution in [-0.4, -0.2) is 24.3 Å². The summed E-state index contributed by atoms with van der Waals surface area (Å²) < 4.78 is 12.2. The Morgan fingerprint density at radius 1 is 1.42 bits per heavy atom. The van der Waals surface area contributed by atoms with Gasteiger partial charge in [0.25, 0.3) is 0 Å². The summed E-state index contributed by atoms with van der Waals surface area (Å²) in [5.74, 6) is 0.540. The quantitative estimate of drug-likeness (QED) is 0.925. The third kappa shape index (κ3) is 2.71. The Morgan fingerprint density at radius 3 is 2.68 bits per heavy atom. The lowest BCUT2D eigenvalue weighted by Gasteiger charge is -2.27. The van der Waals surface area contributed by atoms with Crippen LogP contribution in [0.25, 0.3) is 0 Å². The topological polar surface area (TPSA) is 55.8 Å². The molecule has 0 saturated carbocycles. The van der Waals surface area contributed by atoms with Crippen molar-refractivity contribution >= 4 is 21.9 Å². The van der Waals surface area contributed by atoms with Gasteiger partial charge in [0.1, 0.15) is 13.2 Å². The Morgan fingerprint density at radius 2 is 2.05 bits per heavy atom. The number of carboxylic acids is 1. The van der Waals surface area contributed by atoms with Gasteiger partial charge in [-0.1, -0.05) is 15.9 Å². The SMILES string of the molecule is Cc1c(Br)cc2c(c1CC(C)(C)C(=O)O)OCCO2. The molecule has 0 spiro atoms. The zero-order valence-corrected chi connectivity index (χ0v) is 12.8. The summed E-state index contributed by atoms with van der Waals surface area (Å²) in [4.78, 5) is 11.3. The fourth-order valence-corrected chi connectivity index (χ4v) is 2.49. The molecule has 1 aliphatic rings. The van der Waals surface area contributed by atoms with Gasteiger partial charge in [0, 0.05) is 10.0 Å². The predicted molar refractivity (Wildman–Crippen MR) is 75.0 cm³/mol. The summed E-state index contributed by atoms with van der Waals surface area (Å²) in [5.41, 5.74) is 1.05. The molecule has 0 aromatic heterocycles. The third-order valence-corrected chi connectivity index (χ3v) is 4.18. The summed E-state index contributed by atoms with van der Waals surface area (Å²) in [6.45, 7) is 6.39. The zero-order chi connectivity index (χ0) is 14.2. The fraction of sp³-hybridized carbons (Fsp3) is 0.500. The van der Waals surface area contributed by atoms with Crippen molar-refractivity contribution in [1.29, 1.82) is 0 Å². The molecule has 0 saturated heterocycles. The average molecular weight is 329 g/mol. The predicted octanol–water partition coefficient (Wildman–Crippen LogP) is 3.18. The van der Waals surface area contributed by atoms with Gasteiger partial charge in [-0.3, -0.25) is 4.79 Å². The first-order chi connectivity index (χ1) is 8.83. The van der Waals surface area contributed by atoms with Crippen LogP contribution in [-0.2, 0) is 11.2 Å². The largest absolute Gasteiger partial charge is 0.486 e. The van der Waals surface area contributed by atoms with E-state index in [9.17, 15) is 9.90 Å². The molecule has 4 nitrogen and oxygen atoms in total. The van der Waals surface area contributed by atoms with Gasteiger partial charge in [-0.25, -0.2) is 0 Å². The number of fused-ring (bicyclic) bond motifs is 1. The van der Waals surface area contributed by atoms with Crippen LogP contribution in [0.1, 0.15) is 25.0 Å². The number of aliphatic carboxylic acids is 1. The number of ether oxygens (including phenoxy) is 2. The number of rotatable bonds is 3. The van der Waals surface area contributed by atoms with E-state index in [1.54, 1.807) is 13.8 Å². The van der Waals surface area contributed by atoms with Crippen molar-refractivity contribution in [2.24, 2.45) is 5.41 Å². The number of hydrogen-bond acceptors (Lipinski definition) is 3. The fourth-order valence-electron chi connectivity index (χ4n) is 2.04. The number of hydrogen-bond donors (Lipinski definition) is 1. The molecule has 5 heteroatoms. The third-order valence-electron chi connectivity index (χ3n) is 3.35. The lowest BCUT2D eigenvalue weighted by atomic mass is 9.84. The Hall–Kier alpha value is -1.23. The summed E-state index contributed by atoms with van der Waals surface area (Å²) in [6, 6.07) is 1.88. The molecule has 104 valence electrons. The van der Waals surface area contributed by atoms with Crippen molar-refractivity contribution in [2.75, 3.05) is 13.2 Å². The van der Waals surface area contributed by atoms with Crippen molar-refractivity contribution in [2.45, 2.75) is 27.2 Å². The Kier molecular flexibility index (Phi) is 3.76. The average Bonchev–Trinajstić information content (AvgIpc) is 2.34. The van der Waals surface area contributed by atoms with E-state index >= 15 is 0 Å². The second-order valence-electron chi connectivity index (χ2n) is 5.35. The van der Waals surface area contributed by atoms with Gasteiger partial charge >= 0.3 is 5.97 Å². The first kappa shape index (κ1) is 14.2. The smallest absolute Gasteiger partial charge is 0.309 e. The lowest BCUT2D eigenvalue weighted by Crippen LogP contribution is -2.27. The highest BCUT2D eigenvalue weighted by atomic mass is 79.9. The van der Waals surface area contributed by atoms with E-state index in [1.807, 2.05) is 13.0 Å². The second kappa shape index (κ2) is 5.04. The van der Waals surface area contributed by atoms with Gasteiger partial charge in [-0.2, -0.15) is 0 Å². The van der Waals surface area contributed by atoms with Crippen LogP contribution >= 0.6 is 15.9 Å². The minimum Gasteiger partial charge on any atom is -0.486 e. The van der Waals surface area contributed by atoms with Crippen molar-refractivity contribution < 1.29 is 19.4 Å². The van der Waals surface area contributed by atoms with E-state index in [2.05, 4.69) is 15.9 Å². The minimum atomic E-state index is -0.847. The molecule has 1 aliphatic heterocycles. The van der Waals surface area contributed by atoms with Gasteiger partial charge in [-0.05, 0) is 38.8 Å². The van der Waals surface area contributed by atoms with Crippen molar-refractivity contribution in [3.05, 3.63) is 21.7 Å². The molecule has 0 atom stereocenters. The highest BCUT2D eigenvalue weighted by molar-refractivity contribution is 9.10.